The first-order valence-corrected chi connectivity index (χ1v) is 4.27. The summed E-state index contributed by atoms with van der Waals surface area (Å²) in [6, 6.07) is 2.14. The van der Waals surface area contributed by atoms with Gasteiger partial charge in [-0.2, -0.15) is 0 Å². The molecular formula is C10H11F3O2. The van der Waals surface area contributed by atoms with Crippen LogP contribution >= 0.6 is 0 Å². The number of methoxy groups -OCH3 is 1. The largest absolute Gasteiger partial charge is 0.496 e. The van der Waals surface area contributed by atoms with Crippen molar-refractivity contribution < 1.29 is 23.0 Å². The van der Waals surface area contributed by atoms with E-state index in [9.17, 15) is 13.2 Å². The fraction of sp³-hybridized carbons (Fsp3) is 0.400. The van der Waals surface area contributed by atoms with Crippen LogP contribution in [0.2, 0.25) is 0 Å². The number of hydrogen-bond acceptors (Lipinski definition) is 2. The van der Waals surface area contributed by atoms with E-state index in [4.69, 9.17) is 9.84 Å². The molecular weight excluding hydrogens is 209 g/mol. The van der Waals surface area contributed by atoms with Gasteiger partial charge >= 0.3 is 0 Å². The van der Waals surface area contributed by atoms with Gasteiger partial charge in [0.25, 0.3) is 6.43 Å². The van der Waals surface area contributed by atoms with Crippen molar-refractivity contribution in [3.05, 3.63) is 29.1 Å². The van der Waals surface area contributed by atoms with Crippen molar-refractivity contribution in [3.8, 4) is 5.75 Å². The average Bonchev–Trinajstić information content (AvgIpc) is 2.20. The van der Waals surface area contributed by atoms with E-state index in [2.05, 4.69) is 0 Å². The van der Waals surface area contributed by atoms with Crippen molar-refractivity contribution in [1.82, 2.24) is 0 Å². The fourth-order valence-corrected chi connectivity index (χ4v) is 1.21. The predicted octanol–water partition coefficient (Wildman–Crippen LogP) is 2.44. The van der Waals surface area contributed by atoms with E-state index in [0.29, 0.717) is 0 Å². The van der Waals surface area contributed by atoms with E-state index in [1.165, 1.54) is 20.1 Å². The highest BCUT2D eigenvalue weighted by Crippen LogP contribution is 2.31. The third-order valence-corrected chi connectivity index (χ3v) is 2.07. The maximum atomic E-state index is 13.1. The second-order valence-corrected chi connectivity index (χ2v) is 3.12. The van der Waals surface area contributed by atoms with E-state index in [-0.39, 0.29) is 16.9 Å². The van der Waals surface area contributed by atoms with Gasteiger partial charge in [0.15, 0.2) is 0 Å². The molecule has 0 bridgehead atoms. The molecule has 0 aliphatic heterocycles. The summed E-state index contributed by atoms with van der Waals surface area (Å²) in [7, 11) is 1.27. The molecule has 0 amide bonds. The molecule has 0 radical (unpaired) electrons. The summed E-state index contributed by atoms with van der Waals surface area (Å²) < 4.78 is 42.4. The number of alkyl halides is 2. The Hall–Kier alpha value is -1.23. The Labute approximate surface area is 85.3 Å². The highest BCUT2D eigenvalue weighted by Gasteiger charge is 2.23. The molecule has 1 aromatic carbocycles. The lowest BCUT2D eigenvalue weighted by Crippen LogP contribution is -2.10. The van der Waals surface area contributed by atoms with Crippen molar-refractivity contribution in [3.63, 3.8) is 0 Å². The molecule has 5 heteroatoms. The standard InChI is InChI=1S/C10H11F3O2/c1-5-3-8(15-2)6(4-7(5)11)9(14)10(12)13/h3-4,9-10,14H,1-2H3. The van der Waals surface area contributed by atoms with E-state index in [1.54, 1.807) is 0 Å². The highest BCUT2D eigenvalue weighted by atomic mass is 19.3. The summed E-state index contributed by atoms with van der Waals surface area (Å²) >= 11 is 0. The molecule has 84 valence electrons. The lowest BCUT2D eigenvalue weighted by atomic mass is 10.1. The molecule has 0 aliphatic carbocycles. The predicted molar refractivity (Wildman–Crippen MR) is 48.7 cm³/mol. The lowest BCUT2D eigenvalue weighted by molar-refractivity contribution is -0.00715. The molecule has 1 rings (SSSR count). The minimum atomic E-state index is -2.97. The second-order valence-electron chi connectivity index (χ2n) is 3.12. The number of ether oxygens (including phenoxy) is 1. The van der Waals surface area contributed by atoms with E-state index in [1.807, 2.05) is 0 Å². The Kier molecular flexibility index (Phi) is 3.57. The highest BCUT2D eigenvalue weighted by molar-refractivity contribution is 5.39. The normalized spacial score (nSPS) is 13.0. The van der Waals surface area contributed by atoms with Crippen LogP contribution < -0.4 is 4.74 Å². The Morgan fingerprint density at radius 3 is 2.40 bits per heavy atom. The van der Waals surface area contributed by atoms with Crippen molar-refractivity contribution in [2.24, 2.45) is 0 Å². The molecule has 0 spiro atoms. The number of hydrogen-bond donors (Lipinski definition) is 1. The molecule has 0 saturated carbocycles. The summed E-state index contributed by atoms with van der Waals surface area (Å²) in [5, 5.41) is 9.13. The fourth-order valence-electron chi connectivity index (χ4n) is 1.21. The number of aryl methyl sites for hydroxylation is 1. The van der Waals surface area contributed by atoms with Gasteiger partial charge in [0.2, 0.25) is 0 Å². The van der Waals surface area contributed by atoms with E-state index < -0.39 is 18.3 Å². The van der Waals surface area contributed by atoms with Gasteiger partial charge < -0.3 is 9.84 Å². The average molecular weight is 220 g/mol. The maximum Gasteiger partial charge on any atom is 0.268 e. The summed E-state index contributed by atoms with van der Waals surface area (Å²) in [4.78, 5) is 0. The third kappa shape index (κ3) is 2.41. The summed E-state index contributed by atoms with van der Waals surface area (Å²) in [6.45, 7) is 1.48. The van der Waals surface area contributed by atoms with Crippen molar-refractivity contribution >= 4 is 0 Å². The van der Waals surface area contributed by atoms with Gasteiger partial charge in [-0.05, 0) is 24.6 Å². The van der Waals surface area contributed by atoms with Crippen LogP contribution in [0.15, 0.2) is 12.1 Å². The van der Waals surface area contributed by atoms with Crippen LogP contribution in [0, 0.1) is 12.7 Å². The Morgan fingerprint density at radius 1 is 1.33 bits per heavy atom. The van der Waals surface area contributed by atoms with Gasteiger partial charge in [0.1, 0.15) is 17.7 Å². The lowest BCUT2D eigenvalue weighted by Gasteiger charge is -2.15. The Morgan fingerprint density at radius 2 is 1.93 bits per heavy atom. The first-order chi connectivity index (χ1) is 6.97. The summed E-state index contributed by atoms with van der Waals surface area (Å²) in [5.41, 5.74) is 0.0349. The number of aliphatic hydroxyl groups excluding tert-OH is 1. The molecule has 0 saturated heterocycles. The van der Waals surface area contributed by atoms with Crippen molar-refractivity contribution in [2.75, 3.05) is 7.11 Å². The topological polar surface area (TPSA) is 29.5 Å². The molecule has 1 N–H and O–H groups in total. The maximum absolute atomic E-state index is 13.1. The number of halogens is 3. The number of aliphatic hydroxyl groups is 1. The monoisotopic (exact) mass is 220 g/mol. The second kappa shape index (κ2) is 4.53. The Bertz CT molecular complexity index is 353. The minimum Gasteiger partial charge on any atom is -0.496 e. The zero-order valence-electron chi connectivity index (χ0n) is 8.30. The third-order valence-electron chi connectivity index (χ3n) is 2.07. The molecule has 0 aliphatic rings. The van der Waals surface area contributed by atoms with Gasteiger partial charge in [0, 0.05) is 5.56 Å². The quantitative estimate of drug-likeness (QED) is 0.847. The molecule has 0 fully saturated rings. The zero-order chi connectivity index (χ0) is 11.6. The summed E-state index contributed by atoms with van der Waals surface area (Å²) in [6.07, 6.45) is -5.00. The first kappa shape index (κ1) is 11.8. The van der Waals surface area contributed by atoms with Crippen molar-refractivity contribution in [1.29, 1.82) is 0 Å². The molecule has 0 aromatic heterocycles. The SMILES string of the molecule is COc1cc(C)c(F)cc1C(O)C(F)F. The van der Waals surface area contributed by atoms with Crippen LogP contribution in [0.25, 0.3) is 0 Å². The summed E-state index contributed by atoms with van der Waals surface area (Å²) in [5.74, 6) is -0.591. The molecule has 2 nitrogen and oxygen atoms in total. The van der Waals surface area contributed by atoms with Crippen LogP contribution in [0.1, 0.15) is 17.2 Å². The zero-order valence-corrected chi connectivity index (χ0v) is 8.30. The van der Waals surface area contributed by atoms with E-state index in [0.717, 1.165) is 6.07 Å². The molecule has 0 heterocycles. The van der Waals surface area contributed by atoms with Gasteiger partial charge in [-0.1, -0.05) is 0 Å². The molecule has 1 atom stereocenters. The van der Waals surface area contributed by atoms with Crippen LogP contribution in [0.4, 0.5) is 13.2 Å². The minimum absolute atomic E-state index is 0.0571. The van der Waals surface area contributed by atoms with Crippen molar-refractivity contribution in [2.45, 2.75) is 19.5 Å². The van der Waals surface area contributed by atoms with Crippen LogP contribution in [0.5, 0.6) is 5.75 Å². The van der Waals surface area contributed by atoms with Crippen LogP contribution in [-0.4, -0.2) is 18.6 Å². The molecule has 1 aromatic rings. The van der Waals surface area contributed by atoms with Crippen LogP contribution in [0.3, 0.4) is 0 Å². The van der Waals surface area contributed by atoms with Gasteiger partial charge in [-0.15, -0.1) is 0 Å². The smallest absolute Gasteiger partial charge is 0.268 e. The molecule has 1 unspecified atom stereocenters. The molecule has 15 heavy (non-hydrogen) atoms. The first-order valence-electron chi connectivity index (χ1n) is 4.27. The van der Waals surface area contributed by atoms with Gasteiger partial charge in [0.05, 0.1) is 7.11 Å². The number of benzene rings is 1. The van der Waals surface area contributed by atoms with Crippen LogP contribution in [-0.2, 0) is 0 Å². The van der Waals surface area contributed by atoms with Gasteiger partial charge in [-0.25, -0.2) is 13.2 Å². The Balaban J connectivity index is 3.21. The number of rotatable bonds is 3. The van der Waals surface area contributed by atoms with Gasteiger partial charge in [-0.3, -0.25) is 0 Å². The van der Waals surface area contributed by atoms with E-state index >= 15 is 0 Å².